The average Bonchev–Trinajstić information content (AvgIpc) is 2.38. The molecule has 1 aromatic rings. The molecular formula is C10H11NO3. The maximum absolute atomic E-state index is 10.4. The van der Waals surface area contributed by atoms with Crippen molar-refractivity contribution in [2.75, 3.05) is 0 Å². The summed E-state index contributed by atoms with van der Waals surface area (Å²) in [6.45, 7) is 0. The fourth-order valence-electron chi connectivity index (χ4n) is 1.86. The highest BCUT2D eigenvalue weighted by Gasteiger charge is 2.36. The van der Waals surface area contributed by atoms with Crippen LogP contribution in [0.4, 0.5) is 4.79 Å². The van der Waals surface area contributed by atoms with E-state index in [4.69, 9.17) is 10.8 Å². The van der Waals surface area contributed by atoms with E-state index >= 15 is 0 Å². The molecule has 0 unspecified atom stereocenters. The van der Waals surface area contributed by atoms with Gasteiger partial charge in [-0.05, 0) is 11.1 Å². The van der Waals surface area contributed by atoms with Crippen LogP contribution in [0.5, 0.6) is 0 Å². The van der Waals surface area contributed by atoms with E-state index in [2.05, 4.69) is 4.74 Å². The lowest BCUT2D eigenvalue weighted by molar-refractivity contribution is -0.00874. The number of ether oxygens (including phenoxy) is 1. The van der Waals surface area contributed by atoms with Crippen LogP contribution in [0.25, 0.3) is 0 Å². The van der Waals surface area contributed by atoms with Crippen LogP contribution in [-0.4, -0.2) is 17.0 Å². The van der Waals surface area contributed by atoms with Crippen molar-refractivity contribution >= 4 is 6.16 Å². The van der Waals surface area contributed by atoms with Gasteiger partial charge >= 0.3 is 6.16 Å². The second-order valence-electron chi connectivity index (χ2n) is 3.56. The van der Waals surface area contributed by atoms with Crippen molar-refractivity contribution in [2.45, 2.75) is 18.6 Å². The summed E-state index contributed by atoms with van der Waals surface area (Å²) in [5.41, 5.74) is 6.87. The molecule has 1 aliphatic carbocycles. The van der Waals surface area contributed by atoms with Gasteiger partial charge in [-0.1, -0.05) is 24.3 Å². The van der Waals surface area contributed by atoms with Gasteiger partial charge in [0.15, 0.2) is 5.72 Å². The molecule has 2 rings (SSSR count). The van der Waals surface area contributed by atoms with E-state index < -0.39 is 11.9 Å². The van der Waals surface area contributed by atoms with Gasteiger partial charge in [-0.3, -0.25) is 5.73 Å². The lowest BCUT2D eigenvalue weighted by Crippen LogP contribution is -2.45. The van der Waals surface area contributed by atoms with Crippen molar-refractivity contribution in [3.05, 3.63) is 35.4 Å². The Morgan fingerprint density at radius 1 is 1.36 bits per heavy atom. The highest BCUT2D eigenvalue weighted by molar-refractivity contribution is 5.58. The van der Waals surface area contributed by atoms with E-state index in [-0.39, 0.29) is 0 Å². The minimum Gasteiger partial charge on any atom is -0.450 e. The van der Waals surface area contributed by atoms with Crippen molar-refractivity contribution in [1.29, 1.82) is 0 Å². The van der Waals surface area contributed by atoms with Gasteiger partial charge in [-0.25, -0.2) is 4.79 Å². The standard InChI is InChI=1S/C10H11NO3/c11-10(14-9(12)13)5-7-3-1-2-4-8(7)6-10/h1-4H,5-6,11H2,(H,12,13). The number of hydrogen-bond donors (Lipinski definition) is 2. The summed E-state index contributed by atoms with van der Waals surface area (Å²) < 4.78 is 4.68. The molecule has 0 bridgehead atoms. The van der Waals surface area contributed by atoms with Gasteiger partial charge in [0, 0.05) is 12.8 Å². The molecule has 0 heterocycles. The molecule has 0 atom stereocenters. The molecule has 4 heteroatoms. The Morgan fingerprint density at radius 2 is 1.86 bits per heavy atom. The smallest absolute Gasteiger partial charge is 0.450 e. The van der Waals surface area contributed by atoms with Crippen LogP contribution in [0, 0.1) is 0 Å². The second-order valence-corrected chi connectivity index (χ2v) is 3.56. The molecule has 0 fully saturated rings. The second kappa shape index (κ2) is 2.99. The minimum atomic E-state index is -1.32. The summed E-state index contributed by atoms with van der Waals surface area (Å²) in [6.07, 6.45) is -0.411. The first-order valence-electron chi connectivity index (χ1n) is 4.37. The van der Waals surface area contributed by atoms with Gasteiger partial charge in [0.05, 0.1) is 0 Å². The van der Waals surface area contributed by atoms with Gasteiger partial charge in [-0.15, -0.1) is 0 Å². The van der Waals surface area contributed by atoms with Crippen molar-refractivity contribution in [3.63, 3.8) is 0 Å². The van der Waals surface area contributed by atoms with E-state index in [1.807, 2.05) is 24.3 Å². The van der Waals surface area contributed by atoms with Crippen LogP contribution in [0.1, 0.15) is 11.1 Å². The van der Waals surface area contributed by atoms with Crippen LogP contribution in [0.3, 0.4) is 0 Å². The summed E-state index contributed by atoms with van der Waals surface area (Å²) in [5.74, 6) is 0. The molecule has 1 aromatic carbocycles. The van der Waals surface area contributed by atoms with E-state index in [1.54, 1.807) is 0 Å². The molecule has 4 nitrogen and oxygen atoms in total. The first kappa shape index (κ1) is 9.02. The summed E-state index contributed by atoms with van der Waals surface area (Å²) in [7, 11) is 0. The lowest BCUT2D eigenvalue weighted by Gasteiger charge is -2.21. The van der Waals surface area contributed by atoms with Crippen LogP contribution >= 0.6 is 0 Å². The molecule has 0 spiro atoms. The normalized spacial score (nSPS) is 17.5. The zero-order valence-corrected chi connectivity index (χ0v) is 7.56. The SMILES string of the molecule is NC1(OC(=O)O)Cc2ccccc2C1. The predicted molar refractivity (Wildman–Crippen MR) is 49.9 cm³/mol. The lowest BCUT2D eigenvalue weighted by atomic mass is 10.1. The number of hydrogen-bond acceptors (Lipinski definition) is 3. The Hall–Kier alpha value is -1.55. The van der Waals surface area contributed by atoms with Gasteiger partial charge in [0.25, 0.3) is 0 Å². The zero-order valence-electron chi connectivity index (χ0n) is 7.56. The molecule has 0 saturated heterocycles. The van der Waals surface area contributed by atoms with E-state index in [1.165, 1.54) is 0 Å². The summed E-state index contributed by atoms with van der Waals surface area (Å²) >= 11 is 0. The largest absolute Gasteiger partial charge is 0.507 e. The Morgan fingerprint density at radius 3 is 2.29 bits per heavy atom. The molecule has 0 radical (unpaired) electrons. The molecule has 0 amide bonds. The van der Waals surface area contributed by atoms with Gasteiger partial charge in [0.2, 0.25) is 0 Å². The topological polar surface area (TPSA) is 72.5 Å². The van der Waals surface area contributed by atoms with Crippen molar-refractivity contribution in [3.8, 4) is 0 Å². The van der Waals surface area contributed by atoms with E-state index in [9.17, 15) is 4.79 Å². The highest BCUT2D eigenvalue weighted by Crippen LogP contribution is 2.28. The third kappa shape index (κ3) is 1.56. The highest BCUT2D eigenvalue weighted by atomic mass is 16.7. The number of benzene rings is 1. The first-order chi connectivity index (χ1) is 6.59. The maximum atomic E-state index is 10.4. The van der Waals surface area contributed by atoms with Crippen LogP contribution in [-0.2, 0) is 17.6 Å². The van der Waals surface area contributed by atoms with Gasteiger partial charge in [0.1, 0.15) is 0 Å². The maximum Gasteiger partial charge on any atom is 0.507 e. The quantitative estimate of drug-likeness (QED) is 0.518. The Labute approximate surface area is 81.3 Å². The van der Waals surface area contributed by atoms with Crippen molar-refractivity contribution in [1.82, 2.24) is 0 Å². The summed E-state index contributed by atoms with van der Waals surface area (Å²) in [6, 6.07) is 7.70. The minimum absolute atomic E-state index is 0.454. The number of carboxylic acid groups (broad SMARTS) is 1. The van der Waals surface area contributed by atoms with Crippen molar-refractivity contribution in [2.24, 2.45) is 5.73 Å². The summed E-state index contributed by atoms with van der Waals surface area (Å²) in [5, 5.41) is 8.52. The van der Waals surface area contributed by atoms with E-state index in [0.29, 0.717) is 12.8 Å². The number of rotatable bonds is 1. The molecular weight excluding hydrogens is 182 g/mol. The van der Waals surface area contributed by atoms with Gasteiger partial charge in [-0.2, -0.15) is 0 Å². The first-order valence-corrected chi connectivity index (χ1v) is 4.37. The predicted octanol–water partition coefficient (Wildman–Crippen LogP) is 1.13. The molecule has 74 valence electrons. The number of carbonyl (C=O) groups is 1. The Kier molecular flexibility index (Phi) is 1.93. The summed E-state index contributed by atoms with van der Waals surface area (Å²) in [4.78, 5) is 10.4. The number of fused-ring (bicyclic) bond motifs is 1. The molecule has 0 aromatic heterocycles. The third-order valence-electron chi connectivity index (χ3n) is 2.39. The monoisotopic (exact) mass is 193 g/mol. The van der Waals surface area contributed by atoms with Crippen LogP contribution in [0.15, 0.2) is 24.3 Å². The fourth-order valence-corrected chi connectivity index (χ4v) is 1.86. The Balaban J connectivity index is 2.21. The molecule has 0 saturated carbocycles. The zero-order chi connectivity index (χ0) is 10.2. The van der Waals surface area contributed by atoms with Gasteiger partial charge < -0.3 is 9.84 Å². The molecule has 14 heavy (non-hydrogen) atoms. The fraction of sp³-hybridized carbons (Fsp3) is 0.300. The molecule has 1 aliphatic rings. The van der Waals surface area contributed by atoms with Crippen LogP contribution in [0.2, 0.25) is 0 Å². The molecule has 3 N–H and O–H groups in total. The average molecular weight is 193 g/mol. The van der Waals surface area contributed by atoms with E-state index in [0.717, 1.165) is 11.1 Å². The third-order valence-corrected chi connectivity index (χ3v) is 2.39. The Bertz CT molecular complexity index is 350. The number of nitrogens with two attached hydrogens (primary N) is 1. The molecule has 0 aliphatic heterocycles. The van der Waals surface area contributed by atoms with Crippen LogP contribution < -0.4 is 5.73 Å². The van der Waals surface area contributed by atoms with Crippen molar-refractivity contribution < 1.29 is 14.6 Å².